The number of nitro groups is 1. The van der Waals surface area contributed by atoms with E-state index < -0.39 is 29.0 Å². The molecule has 5 N–H and O–H groups in total. The number of nitrogen functional groups attached to an aromatic ring is 2. The number of aromatic nitrogens is 2. The van der Waals surface area contributed by atoms with Crippen molar-refractivity contribution in [1.29, 1.82) is 0 Å². The molecule has 4 aromatic rings. The number of hydrogen-bond acceptors (Lipinski definition) is 14. The molecular weight excluding hydrogens is 597 g/mol. The highest BCUT2D eigenvalue weighted by Crippen LogP contribution is 2.34. The lowest BCUT2D eigenvalue weighted by molar-refractivity contribution is -0.383. The number of aliphatic carboxylic acids is 1. The maximum absolute atomic E-state index is 12.6. The Balaban J connectivity index is 0.000000587. The molecule has 0 atom stereocenters. The number of carboxylic acids is 1. The van der Waals surface area contributed by atoms with Gasteiger partial charge in [-0.25, -0.2) is 24.4 Å². The highest BCUT2D eigenvalue weighted by atomic mass is 32.1. The number of alkyl halides is 3. The maximum Gasteiger partial charge on any atom is 0.490 e. The number of anilines is 3. The normalized spacial score (nSPS) is 10.8. The Morgan fingerprint density at radius 3 is 1.78 bits per heavy atom. The first-order chi connectivity index (χ1) is 19.2. The Morgan fingerprint density at radius 1 is 0.927 bits per heavy atom. The van der Waals surface area contributed by atoms with Crippen molar-refractivity contribution in [3.63, 3.8) is 0 Å². The standard InChI is InChI=1S/C20H16N6O6S2.C2HF3O2/c21-19-23-11(9-33-19)7-17(27)31-26(32-18(28)8-12-10-34-20(22)24-12)16-6-5-15(25(29)30)13-3-1-2-4-14(13)16;3-2(4,5)1(6)7/h1-6,9-10H,7-8H2,(H2,21,23)(H2,22,24);(H,6,7). The minimum Gasteiger partial charge on any atom is -0.475 e. The van der Waals surface area contributed by atoms with E-state index in [1.54, 1.807) is 29.0 Å². The van der Waals surface area contributed by atoms with Crippen molar-refractivity contribution in [2.75, 3.05) is 16.7 Å². The van der Waals surface area contributed by atoms with Gasteiger partial charge in [-0.1, -0.05) is 18.2 Å². The SMILES string of the molecule is Nc1nc(CC(=O)ON(OC(=O)Cc2csc(N)n2)c2ccc([N+](=O)[O-])c3ccccc23)cs1.O=C(O)C(F)(F)F. The molecule has 2 heterocycles. The van der Waals surface area contributed by atoms with Crippen molar-refractivity contribution in [2.45, 2.75) is 19.0 Å². The van der Waals surface area contributed by atoms with Crippen molar-refractivity contribution in [1.82, 2.24) is 9.97 Å². The van der Waals surface area contributed by atoms with Crippen molar-refractivity contribution in [2.24, 2.45) is 0 Å². The first kappa shape index (κ1) is 30.5. The van der Waals surface area contributed by atoms with E-state index in [9.17, 15) is 32.9 Å². The highest BCUT2D eigenvalue weighted by Gasteiger charge is 2.38. The third kappa shape index (κ3) is 8.47. The summed E-state index contributed by atoms with van der Waals surface area (Å²) in [4.78, 5) is 63.7. The number of rotatable bonds is 8. The van der Waals surface area contributed by atoms with E-state index in [1.165, 1.54) is 18.2 Å². The number of benzene rings is 2. The molecule has 0 bridgehead atoms. The molecule has 0 aliphatic rings. The molecule has 0 unspecified atom stereocenters. The van der Waals surface area contributed by atoms with Gasteiger partial charge in [0.15, 0.2) is 10.3 Å². The molecule has 41 heavy (non-hydrogen) atoms. The number of thiazole rings is 2. The van der Waals surface area contributed by atoms with Gasteiger partial charge in [-0.2, -0.15) is 13.2 Å². The molecule has 2 aromatic carbocycles. The summed E-state index contributed by atoms with van der Waals surface area (Å²) >= 11 is 2.32. The number of nitro benzene ring substituents is 1. The van der Waals surface area contributed by atoms with Crippen LogP contribution in [0.25, 0.3) is 10.8 Å². The van der Waals surface area contributed by atoms with E-state index in [2.05, 4.69) is 9.97 Å². The predicted octanol–water partition coefficient (Wildman–Crippen LogP) is 3.67. The van der Waals surface area contributed by atoms with Gasteiger partial charge in [0.2, 0.25) is 0 Å². The maximum atomic E-state index is 12.6. The topological polar surface area (TPSA) is 214 Å². The Hall–Kier alpha value is -5.04. The molecule has 0 aliphatic heterocycles. The highest BCUT2D eigenvalue weighted by molar-refractivity contribution is 7.13. The molecule has 0 radical (unpaired) electrons. The number of nitrogens with zero attached hydrogens (tertiary/aromatic N) is 4. The Morgan fingerprint density at radius 2 is 1.39 bits per heavy atom. The summed E-state index contributed by atoms with van der Waals surface area (Å²) in [5.41, 5.74) is 11.9. The fourth-order valence-electron chi connectivity index (χ4n) is 3.06. The fraction of sp³-hybridized carbons (Fsp3) is 0.136. The van der Waals surface area contributed by atoms with Gasteiger partial charge in [0.05, 0.1) is 34.5 Å². The third-order valence-corrected chi connectivity index (χ3v) is 6.12. The van der Waals surface area contributed by atoms with Crippen LogP contribution in [-0.2, 0) is 36.9 Å². The molecule has 19 heteroatoms. The van der Waals surface area contributed by atoms with Crippen LogP contribution in [0, 0.1) is 10.1 Å². The number of halogens is 3. The summed E-state index contributed by atoms with van der Waals surface area (Å²) in [5, 5.41) is 23.6. The van der Waals surface area contributed by atoms with Gasteiger partial charge in [-0.15, -0.1) is 22.7 Å². The van der Waals surface area contributed by atoms with Gasteiger partial charge in [-0.05, 0) is 17.4 Å². The number of carbonyl (C=O) groups excluding carboxylic acids is 2. The molecule has 0 saturated carbocycles. The monoisotopic (exact) mass is 614 g/mol. The van der Waals surface area contributed by atoms with Gasteiger partial charge in [-0.3, -0.25) is 10.1 Å². The second-order valence-electron chi connectivity index (χ2n) is 7.60. The number of fused-ring (bicyclic) bond motifs is 1. The Bertz CT molecular complexity index is 1540. The largest absolute Gasteiger partial charge is 0.490 e. The van der Waals surface area contributed by atoms with Crippen LogP contribution in [0.4, 0.5) is 34.8 Å². The zero-order valence-electron chi connectivity index (χ0n) is 20.2. The minimum absolute atomic E-state index is 0.110. The van der Waals surface area contributed by atoms with E-state index in [0.29, 0.717) is 22.0 Å². The molecule has 4 rings (SSSR count). The van der Waals surface area contributed by atoms with Crippen LogP contribution < -0.4 is 16.7 Å². The van der Waals surface area contributed by atoms with Crippen LogP contribution in [-0.4, -0.2) is 44.1 Å². The van der Waals surface area contributed by atoms with Crippen LogP contribution in [0.1, 0.15) is 11.4 Å². The fourth-order valence-corrected chi connectivity index (χ4v) is 4.18. The summed E-state index contributed by atoms with van der Waals surface area (Å²) in [6.45, 7) is 0. The molecule has 216 valence electrons. The summed E-state index contributed by atoms with van der Waals surface area (Å²) in [6.07, 6.45) is -5.56. The average Bonchev–Trinajstić information content (AvgIpc) is 3.49. The molecule has 0 aliphatic carbocycles. The van der Waals surface area contributed by atoms with Gasteiger partial charge in [0, 0.05) is 22.2 Å². The lowest BCUT2D eigenvalue weighted by atomic mass is 10.1. The van der Waals surface area contributed by atoms with Gasteiger partial charge in [0.1, 0.15) is 5.69 Å². The van der Waals surface area contributed by atoms with E-state index >= 15 is 0 Å². The van der Waals surface area contributed by atoms with Crippen LogP contribution in [0.15, 0.2) is 47.2 Å². The average molecular weight is 615 g/mol. The van der Waals surface area contributed by atoms with Crippen LogP contribution >= 0.6 is 22.7 Å². The molecule has 0 amide bonds. The molecule has 2 aromatic heterocycles. The molecule has 0 saturated heterocycles. The van der Waals surface area contributed by atoms with Gasteiger partial charge >= 0.3 is 24.1 Å². The Kier molecular flexibility index (Phi) is 9.58. The van der Waals surface area contributed by atoms with Gasteiger partial charge < -0.3 is 26.2 Å². The predicted molar refractivity (Wildman–Crippen MR) is 139 cm³/mol. The van der Waals surface area contributed by atoms with E-state index in [-0.39, 0.29) is 39.9 Å². The molecule has 0 spiro atoms. The second-order valence-corrected chi connectivity index (χ2v) is 9.38. The van der Waals surface area contributed by atoms with E-state index in [0.717, 1.165) is 22.7 Å². The third-order valence-electron chi connectivity index (χ3n) is 4.67. The van der Waals surface area contributed by atoms with Crippen LogP contribution in [0.2, 0.25) is 0 Å². The van der Waals surface area contributed by atoms with E-state index in [1.807, 2.05) is 0 Å². The Labute approximate surface area is 234 Å². The molecule has 14 nitrogen and oxygen atoms in total. The first-order valence-electron chi connectivity index (χ1n) is 10.8. The first-order valence-corrected chi connectivity index (χ1v) is 12.6. The van der Waals surface area contributed by atoms with Crippen molar-refractivity contribution < 1.29 is 47.3 Å². The molecule has 0 fully saturated rings. The number of non-ortho nitro benzene ring substituents is 1. The van der Waals surface area contributed by atoms with Crippen LogP contribution in [0.3, 0.4) is 0 Å². The lowest BCUT2D eigenvalue weighted by Gasteiger charge is -2.22. The second kappa shape index (κ2) is 12.9. The smallest absolute Gasteiger partial charge is 0.475 e. The number of hydrogen-bond donors (Lipinski definition) is 3. The minimum atomic E-state index is -5.08. The number of carbonyl (C=O) groups is 3. The zero-order chi connectivity index (χ0) is 30.3. The van der Waals surface area contributed by atoms with Crippen LogP contribution in [0.5, 0.6) is 0 Å². The number of carboxylic acid groups (broad SMARTS) is 1. The summed E-state index contributed by atoms with van der Waals surface area (Å²) < 4.78 is 31.7. The van der Waals surface area contributed by atoms with Gasteiger partial charge in [0.25, 0.3) is 5.69 Å². The summed E-state index contributed by atoms with van der Waals surface area (Å²) in [7, 11) is 0. The summed E-state index contributed by atoms with van der Waals surface area (Å²) in [6, 6.07) is 8.94. The number of nitrogens with two attached hydrogens (primary N) is 2. The quantitative estimate of drug-likeness (QED) is 0.191. The van der Waals surface area contributed by atoms with Crippen molar-refractivity contribution in [3.8, 4) is 0 Å². The zero-order valence-corrected chi connectivity index (χ0v) is 21.9. The van der Waals surface area contributed by atoms with E-state index in [4.69, 9.17) is 31.0 Å². The molecular formula is C22H17F3N6O8S2. The summed E-state index contributed by atoms with van der Waals surface area (Å²) in [5.74, 6) is -4.34. The van der Waals surface area contributed by atoms with Crippen molar-refractivity contribution in [3.05, 3.63) is 68.7 Å². The van der Waals surface area contributed by atoms with Crippen molar-refractivity contribution >= 4 is 73.0 Å². The lowest BCUT2D eigenvalue weighted by Crippen LogP contribution is -2.32.